The summed E-state index contributed by atoms with van der Waals surface area (Å²) in [5.74, 6) is -0.0225. The van der Waals surface area contributed by atoms with Crippen molar-refractivity contribution in [2.75, 3.05) is 49.5 Å². The molecule has 2 heterocycles. The minimum absolute atomic E-state index is 0.249. The van der Waals surface area contributed by atoms with E-state index in [0.29, 0.717) is 43.1 Å². The van der Waals surface area contributed by atoms with Crippen LogP contribution in [-0.2, 0) is 21.2 Å². The van der Waals surface area contributed by atoms with Gasteiger partial charge < -0.3 is 20.5 Å². The molecule has 0 spiro atoms. The normalized spacial score (nSPS) is 19.8. The fourth-order valence-electron chi connectivity index (χ4n) is 4.88. The Kier molecular flexibility index (Phi) is 7.83. The summed E-state index contributed by atoms with van der Waals surface area (Å²) in [4.78, 5) is 15.3. The smallest absolute Gasteiger partial charge is 0.261 e. The number of benzene rings is 2. The average molecular weight is 503 g/mol. The highest BCUT2D eigenvalue weighted by Crippen LogP contribution is 2.39. The maximum absolute atomic E-state index is 13.2. The average Bonchev–Trinajstić information content (AvgIpc) is 3.26. The number of rotatable bonds is 9. The number of amides is 1. The Morgan fingerprint density at radius 3 is 2.69 bits per heavy atom. The summed E-state index contributed by atoms with van der Waals surface area (Å²) in [6, 6.07) is 13.2. The summed E-state index contributed by atoms with van der Waals surface area (Å²) in [6.07, 6.45) is 2.19. The van der Waals surface area contributed by atoms with Gasteiger partial charge in [0.15, 0.2) is 6.10 Å². The van der Waals surface area contributed by atoms with Crippen LogP contribution in [-0.4, -0.2) is 76.0 Å². The molecule has 10 heteroatoms. The molecular formula is C25H34N4O5S. The lowest BCUT2D eigenvalue weighted by Crippen LogP contribution is -2.45. The van der Waals surface area contributed by atoms with Crippen LogP contribution in [0.2, 0.25) is 0 Å². The summed E-state index contributed by atoms with van der Waals surface area (Å²) < 4.78 is 32.8. The number of likely N-dealkylation sites (N-methyl/N-ethyl adjacent to an activating group) is 1. The third kappa shape index (κ3) is 6.25. The van der Waals surface area contributed by atoms with E-state index in [1.807, 2.05) is 30.3 Å². The molecule has 1 amide bonds. The largest absolute Gasteiger partial charge is 0.478 e. The van der Waals surface area contributed by atoms with Crippen molar-refractivity contribution in [3.8, 4) is 5.75 Å². The zero-order valence-electron chi connectivity index (χ0n) is 20.2. The quantitative estimate of drug-likeness (QED) is 0.412. The van der Waals surface area contributed by atoms with Crippen LogP contribution in [0.3, 0.4) is 0 Å². The van der Waals surface area contributed by atoms with Gasteiger partial charge in [0.25, 0.3) is 5.91 Å². The van der Waals surface area contributed by atoms with Crippen molar-refractivity contribution >= 4 is 27.3 Å². The highest BCUT2D eigenvalue weighted by Gasteiger charge is 2.35. The fraction of sp³-hybridized carbons (Fsp3) is 0.480. The highest BCUT2D eigenvalue weighted by molar-refractivity contribution is 7.92. The SMILES string of the molecule is CNC(=O)C(Oc1ccc(NS(C)(=O)=O)c2c1NCCC2)[C@H](CN1CC[C@H](O)C1)c1ccccc1. The minimum Gasteiger partial charge on any atom is -0.478 e. The fourth-order valence-corrected chi connectivity index (χ4v) is 5.47. The lowest BCUT2D eigenvalue weighted by atomic mass is 9.91. The Bertz CT molecular complexity index is 1140. The number of nitrogens with one attached hydrogen (secondary N) is 3. The number of sulfonamides is 1. The molecule has 2 aliphatic heterocycles. The van der Waals surface area contributed by atoms with Gasteiger partial charge in [-0.3, -0.25) is 14.4 Å². The van der Waals surface area contributed by atoms with Gasteiger partial charge in [0.05, 0.1) is 23.7 Å². The van der Waals surface area contributed by atoms with E-state index in [1.165, 1.54) is 0 Å². The van der Waals surface area contributed by atoms with E-state index in [4.69, 9.17) is 4.74 Å². The molecule has 0 aromatic heterocycles. The summed E-state index contributed by atoms with van der Waals surface area (Å²) in [7, 11) is -1.85. The summed E-state index contributed by atoms with van der Waals surface area (Å²) in [5.41, 5.74) is 3.03. The van der Waals surface area contributed by atoms with Crippen LogP contribution in [0.5, 0.6) is 5.75 Å². The molecule has 1 fully saturated rings. The Hall–Kier alpha value is -2.82. The predicted octanol–water partition coefficient (Wildman–Crippen LogP) is 1.76. The van der Waals surface area contributed by atoms with E-state index in [1.54, 1.807) is 19.2 Å². The van der Waals surface area contributed by atoms with Crippen molar-refractivity contribution in [1.82, 2.24) is 10.2 Å². The van der Waals surface area contributed by atoms with Gasteiger partial charge >= 0.3 is 0 Å². The maximum Gasteiger partial charge on any atom is 0.261 e. The number of β-amino-alcohol motifs (C(OH)–C–C–N with tert-alkyl or cyclic N) is 1. The third-order valence-corrected chi connectivity index (χ3v) is 7.12. The van der Waals surface area contributed by atoms with E-state index < -0.39 is 16.1 Å². The van der Waals surface area contributed by atoms with Gasteiger partial charge in [-0.2, -0.15) is 0 Å². The van der Waals surface area contributed by atoms with E-state index in [2.05, 4.69) is 20.3 Å². The Balaban J connectivity index is 1.70. The van der Waals surface area contributed by atoms with E-state index in [9.17, 15) is 18.3 Å². The molecule has 0 aliphatic carbocycles. The van der Waals surface area contributed by atoms with Gasteiger partial charge in [0, 0.05) is 44.7 Å². The van der Waals surface area contributed by atoms with Crippen molar-refractivity contribution in [3.05, 3.63) is 53.6 Å². The molecule has 0 bridgehead atoms. The Morgan fingerprint density at radius 2 is 2.03 bits per heavy atom. The number of nitrogens with zero attached hydrogens (tertiary/aromatic N) is 1. The molecule has 190 valence electrons. The molecule has 0 saturated carbocycles. The first kappa shape index (κ1) is 25.3. The number of hydrogen-bond donors (Lipinski definition) is 4. The first-order valence-corrected chi connectivity index (χ1v) is 13.9. The van der Waals surface area contributed by atoms with Crippen LogP contribution < -0.4 is 20.1 Å². The molecule has 35 heavy (non-hydrogen) atoms. The number of hydrogen-bond acceptors (Lipinski definition) is 7. The Morgan fingerprint density at radius 1 is 1.26 bits per heavy atom. The van der Waals surface area contributed by atoms with Crippen molar-refractivity contribution in [2.45, 2.75) is 37.4 Å². The van der Waals surface area contributed by atoms with Gasteiger partial charge in [-0.05, 0) is 37.0 Å². The van der Waals surface area contributed by atoms with Gasteiger partial charge in [-0.1, -0.05) is 30.3 Å². The van der Waals surface area contributed by atoms with Crippen LogP contribution in [0.25, 0.3) is 0 Å². The molecule has 3 atom stereocenters. The first-order valence-electron chi connectivity index (χ1n) is 12.0. The van der Waals surface area contributed by atoms with Crippen molar-refractivity contribution < 1.29 is 23.1 Å². The molecule has 2 aromatic rings. The maximum atomic E-state index is 13.2. The molecule has 9 nitrogen and oxygen atoms in total. The van der Waals surface area contributed by atoms with E-state index >= 15 is 0 Å². The summed E-state index contributed by atoms with van der Waals surface area (Å²) >= 11 is 0. The molecule has 4 rings (SSSR count). The monoisotopic (exact) mass is 502 g/mol. The van der Waals surface area contributed by atoms with Crippen LogP contribution in [0.15, 0.2) is 42.5 Å². The standard InChI is InChI=1S/C25H34N4O5S/c1-26-25(31)24(20(17-7-4-3-5-8-17)16-29-14-12-18(30)15-29)34-22-11-10-21(28-35(2,32)33)19-9-6-13-27-23(19)22/h3-5,7-8,10-11,18,20,24,27-28,30H,6,9,12-16H2,1-2H3,(H,26,31)/t18-,20+,24?/m0/s1. The van der Waals surface area contributed by atoms with Crippen LogP contribution >= 0.6 is 0 Å². The highest BCUT2D eigenvalue weighted by atomic mass is 32.2. The molecule has 2 aromatic carbocycles. The lowest BCUT2D eigenvalue weighted by molar-refractivity contribution is -0.128. The second-order valence-electron chi connectivity index (χ2n) is 9.24. The number of carbonyl (C=O) groups excluding carboxylic acids is 1. The molecule has 1 unspecified atom stereocenters. The van der Waals surface area contributed by atoms with Gasteiger partial charge in [0.1, 0.15) is 5.75 Å². The zero-order chi connectivity index (χ0) is 25.0. The van der Waals surface area contributed by atoms with Crippen LogP contribution in [0, 0.1) is 0 Å². The number of fused-ring (bicyclic) bond motifs is 1. The zero-order valence-corrected chi connectivity index (χ0v) is 21.0. The second kappa shape index (κ2) is 10.8. The Labute approximate surface area is 206 Å². The topological polar surface area (TPSA) is 120 Å². The number of aliphatic hydroxyl groups excluding tert-OH is 1. The lowest BCUT2D eigenvalue weighted by Gasteiger charge is -2.32. The molecular weight excluding hydrogens is 468 g/mol. The van der Waals surface area contributed by atoms with Crippen molar-refractivity contribution in [2.24, 2.45) is 0 Å². The minimum atomic E-state index is -3.44. The first-order chi connectivity index (χ1) is 16.7. The van der Waals surface area contributed by atoms with Crippen LogP contribution in [0.1, 0.15) is 29.9 Å². The number of aliphatic hydroxyl groups is 1. The van der Waals surface area contributed by atoms with Crippen LogP contribution in [0.4, 0.5) is 11.4 Å². The summed E-state index contributed by atoms with van der Waals surface area (Å²) in [6.45, 7) is 2.60. The summed E-state index contributed by atoms with van der Waals surface area (Å²) in [5, 5.41) is 16.1. The number of ether oxygens (including phenoxy) is 1. The predicted molar refractivity (Wildman–Crippen MR) is 136 cm³/mol. The second-order valence-corrected chi connectivity index (χ2v) is 11.0. The van der Waals surface area contributed by atoms with E-state index in [0.717, 1.165) is 36.9 Å². The molecule has 0 radical (unpaired) electrons. The van der Waals surface area contributed by atoms with Crippen molar-refractivity contribution in [1.29, 1.82) is 0 Å². The third-order valence-electron chi connectivity index (χ3n) is 6.53. The van der Waals surface area contributed by atoms with Gasteiger partial charge in [-0.25, -0.2) is 8.42 Å². The molecule has 1 saturated heterocycles. The van der Waals surface area contributed by atoms with E-state index in [-0.39, 0.29) is 17.9 Å². The molecule has 4 N–H and O–H groups in total. The van der Waals surface area contributed by atoms with Crippen molar-refractivity contribution in [3.63, 3.8) is 0 Å². The van der Waals surface area contributed by atoms with Gasteiger partial charge in [0.2, 0.25) is 10.0 Å². The number of carbonyl (C=O) groups is 1. The number of anilines is 2. The molecule has 2 aliphatic rings. The number of likely N-dealkylation sites (tertiary alicyclic amines) is 1. The van der Waals surface area contributed by atoms with Gasteiger partial charge in [-0.15, -0.1) is 0 Å².